The van der Waals surface area contributed by atoms with E-state index in [4.69, 9.17) is 22.1 Å². The van der Waals surface area contributed by atoms with Gasteiger partial charge in [0.05, 0.1) is 12.2 Å². The van der Waals surface area contributed by atoms with Crippen LogP contribution < -0.4 is 11.1 Å². The van der Waals surface area contributed by atoms with Crippen LogP contribution in [0.5, 0.6) is 0 Å². The summed E-state index contributed by atoms with van der Waals surface area (Å²) in [4.78, 5) is 15.4. The fourth-order valence-electron chi connectivity index (χ4n) is 1.57. The maximum absolute atomic E-state index is 11.5. The van der Waals surface area contributed by atoms with Gasteiger partial charge in [-0.25, -0.2) is 9.78 Å². The van der Waals surface area contributed by atoms with E-state index >= 15 is 0 Å². The average molecular weight is 316 g/mol. The van der Waals surface area contributed by atoms with Crippen molar-refractivity contribution in [3.05, 3.63) is 58.9 Å². The Morgan fingerprint density at radius 1 is 1.36 bits per heavy atom. The first kappa shape index (κ1) is 15.7. The van der Waals surface area contributed by atoms with Gasteiger partial charge in [0.1, 0.15) is 6.61 Å². The number of rotatable bonds is 3. The maximum Gasteiger partial charge on any atom is 0.408 e. The molecule has 0 spiro atoms. The van der Waals surface area contributed by atoms with Gasteiger partial charge in [-0.2, -0.15) is 0 Å². The van der Waals surface area contributed by atoms with Crippen LogP contribution in [0.4, 0.5) is 10.5 Å². The second-order valence-corrected chi connectivity index (χ2v) is 4.68. The van der Waals surface area contributed by atoms with Crippen LogP contribution in [-0.2, 0) is 11.3 Å². The first-order chi connectivity index (χ1) is 10.6. The van der Waals surface area contributed by atoms with Gasteiger partial charge in [-0.1, -0.05) is 53.8 Å². The van der Waals surface area contributed by atoms with Crippen molar-refractivity contribution < 1.29 is 9.53 Å². The fraction of sp³-hybridized carbons (Fsp3) is 0.125. The number of nitrogens with two attached hydrogens (primary N) is 1. The van der Waals surface area contributed by atoms with Crippen molar-refractivity contribution >= 4 is 23.4 Å². The third-order valence-corrected chi connectivity index (χ3v) is 2.95. The van der Waals surface area contributed by atoms with E-state index in [1.807, 2.05) is 30.3 Å². The number of pyridine rings is 1. The summed E-state index contributed by atoms with van der Waals surface area (Å²) in [6.07, 6.45) is 0.992. The van der Waals surface area contributed by atoms with E-state index in [0.717, 1.165) is 5.56 Å². The second kappa shape index (κ2) is 7.91. The molecule has 2 aromatic rings. The number of carbonyl (C=O) groups excluding carboxylic acids is 1. The molecule has 1 heterocycles. The molecular formula is C16H14ClN3O2. The molecule has 0 unspecified atom stereocenters. The summed E-state index contributed by atoms with van der Waals surface area (Å²) < 4.78 is 5.05. The largest absolute Gasteiger partial charge is 0.445 e. The van der Waals surface area contributed by atoms with Crippen molar-refractivity contribution in [3.63, 3.8) is 0 Å². The van der Waals surface area contributed by atoms with Crippen molar-refractivity contribution in [3.8, 4) is 11.8 Å². The molecule has 1 aromatic heterocycles. The molecule has 1 amide bonds. The smallest absolute Gasteiger partial charge is 0.408 e. The lowest BCUT2D eigenvalue weighted by molar-refractivity contribution is 0.141. The van der Waals surface area contributed by atoms with Crippen LogP contribution in [0.3, 0.4) is 0 Å². The number of anilines is 1. The summed E-state index contributed by atoms with van der Waals surface area (Å²) in [6.45, 7) is 0.383. The predicted molar refractivity (Wildman–Crippen MR) is 85.2 cm³/mol. The molecule has 0 bridgehead atoms. The summed E-state index contributed by atoms with van der Waals surface area (Å²) in [6, 6.07) is 11.0. The number of hydrogen-bond acceptors (Lipinski definition) is 4. The predicted octanol–water partition coefficient (Wildman–Crippen LogP) is 2.60. The molecule has 112 valence electrons. The van der Waals surface area contributed by atoms with Gasteiger partial charge in [-0.3, -0.25) is 0 Å². The van der Waals surface area contributed by atoms with Gasteiger partial charge >= 0.3 is 6.09 Å². The van der Waals surface area contributed by atoms with E-state index in [0.29, 0.717) is 11.3 Å². The van der Waals surface area contributed by atoms with Crippen molar-refractivity contribution in [2.24, 2.45) is 0 Å². The Hall–Kier alpha value is -2.71. The molecular weight excluding hydrogens is 302 g/mol. The summed E-state index contributed by atoms with van der Waals surface area (Å²) in [7, 11) is 0. The maximum atomic E-state index is 11.5. The van der Waals surface area contributed by atoms with Crippen LogP contribution in [0.1, 0.15) is 11.1 Å². The molecule has 0 saturated carbocycles. The number of aromatic nitrogens is 1. The number of ether oxygens (including phenoxy) is 1. The molecule has 2 rings (SSSR count). The Morgan fingerprint density at radius 2 is 2.14 bits per heavy atom. The van der Waals surface area contributed by atoms with E-state index in [1.54, 1.807) is 6.07 Å². The molecule has 0 radical (unpaired) electrons. The Kier molecular flexibility index (Phi) is 5.64. The third-order valence-electron chi connectivity index (χ3n) is 2.63. The highest BCUT2D eigenvalue weighted by atomic mass is 35.5. The number of nitrogen functional groups attached to an aromatic ring is 1. The number of benzene rings is 1. The molecule has 6 heteroatoms. The van der Waals surface area contributed by atoms with Crippen LogP contribution in [0.25, 0.3) is 0 Å². The van der Waals surface area contributed by atoms with Crippen LogP contribution >= 0.6 is 11.6 Å². The number of halogens is 1. The lowest BCUT2D eigenvalue weighted by Gasteiger charge is -2.04. The molecule has 0 atom stereocenters. The normalized spacial score (nSPS) is 9.50. The highest BCUT2D eigenvalue weighted by Gasteiger charge is 2.00. The zero-order chi connectivity index (χ0) is 15.8. The minimum Gasteiger partial charge on any atom is -0.445 e. The zero-order valence-electron chi connectivity index (χ0n) is 11.7. The number of hydrogen-bond donors (Lipinski definition) is 2. The van der Waals surface area contributed by atoms with E-state index in [2.05, 4.69) is 22.1 Å². The Labute approximate surface area is 133 Å². The topological polar surface area (TPSA) is 77.2 Å². The Balaban J connectivity index is 1.75. The molecule has 3 N–H and O–H groups in total. The average Bonchev–Trinajstić information content (AvgIpc) is 2.54. The summed E-state index contributed by atoms with van der Waals surface area (Å²) >= 11 is 5.71. The molecule has 0 fully saturated rings. The molecule has 0 saturated heterocycles. The fourth-order valence-corrected chi connectivity index (χ4v) is 1.67. The van der Waals surface area contributed by atoms with Gasteiger partial charge in [0.25, 0.3) is 0 Å². The first-order valence-electron chi connectivity index (χ1n) is 6.49. The summed E-state index contributed by atoms with van der Waals surface area (Å²) in [5.74, 6) is 5.60. The zero-order valence-corrected chi connectivity index (χ0v) is 12.4. The minimum absolute atomic E-state index is 0.163. The Bertz CT molecular complexity index is 708. The highest BCUT2D eigenvalue weighted by Crippen LogP contribution is 2.15. The van der Waals surface area contributed by atoms with Crippen molar-refractivity contribution in [1.29, 1.82) is 0 Å². The van der Waals surface area contributed by atoms with Crippen molar-refractivity contribution in [2.45, 2.75) is 6.61 Å². The molecule has 5 nitrogen and oxygen atoms in total. The van der Waals surface area contributed by atoms with E-state index in [-0.39, 0.29) is 18.3 Å². The summed E-state index contributed by atoms with van der Waals surface area (Å²) in [5, 5.41) is 2.78. The van der Waals surface area contributed by atoms with Crippen molar-refractivity contribution in [1.82, 2.24) is 10.3 Å². The number of nitrogens with zero attached hydrogens (tertiary/aromatic N) is 1. The molecule has 0 aliphatic carbocycles. The second-order valence-electron chi connectivity index (χ2n) is 4.32. The lowest BCUT2D eigenvalue weighted by Crippen LogP contribution is -2.24. The number of carbonyl (C=O) groups is 1. The van der Waals surface area contributed by atoms with Gasteiger partial charge in [0, 0.05) is 11.8 Å². The van der Waals surface area contributed by atoms with Gasteiger partial charge in [0.2, 0.25) is 0 Å². The molecule has 0 aliphatic rings. The first-order valence-corrected chi connectivity index (χ1v) is 6.87. The van der Waals surface area contributed by atoms with Crippen LogP contribution in [0, 0.1) is 11.8 Å². The van der Waals surface area contributed by atoms with E-state index in [9.17, 15) is 4.79 Å². The number of nitrogens with one attached hydrogen (secondary N) is 1. The van der Waals surface area contributed by atoms with E-state index in [1.165, 1.54) is 6.20 Å². The summed E-state index contributed by atoms with van der Waals surface area (Å²) in [5.41, 5.74) is 7.53. The number of amides is 1. The standard InChI is InChI=1S/C16H14ClN3O2/c17-15-14(18)9-13(10-20-15)7-4-8-19-16(21)22-11-12-5-2-1-3-6-12/h1-3,5-6,9-10H,8,11,18H2,(H,19,21). The number of alkyl carbamates (subject to hydrolysis) is 1. The quantitative estimate of drug-likeness (QED) is 0.674. The Morgan fingerprint density at radius 3 is 2.86 bits per heavy atom. The van der Waals surface area contributed by atoms with E-state index < -0.39 is 6.09 Å². The SMILES string of the molecule is Nc1cc(C#CCNC(=O)OCc2ccccc2)cnc1Cl. The van der Waals surface area contributed by atoms with Gasteiger partial charge in [-0.05, 0) is 11.6 Å². The van der Waals surface area contributed by atoms with Crippen molar-refractivity contribution in [2.75, 3.05) is 12.3 Å². The monoisotopic (exact) mass is 315 g/mol. The van der Waals surface area contributed by atoms with Gasteiger partial charge in [-0.15, -0.1) is 0 Å². The molecule has 0 aliphatic heterocycles. The van der Waals surface area contributed by atoms with Crippen LogP contribution in [-0.4, -0.2) is 17.6 Å². The third kappa shape index (κ3) is 5.00. The highest BCUT2D eigenvalue weighted by molar-refractivity contribution is 6.31. The minimum atomic E-state index is -0.521. The van der Waals surface area contributed by atoms with Crippen LogP contribution in [0.15, 0.2) is 42.6 Å². The van der Waals surface area contributed by atoms with Gasteiger partial charge < -0.3 is 15.8 Å². The molecule has 1 aromatic carbocycles. The van der Waals surface area contributed by atoms with Gasteiger partial charge in [0.15, 0.2) is 5.15 Å². The lowest BCUT2D eigenvalue weighted by atomic mass is 10.2. The molecule has 22 heavy (non-hydrogen) atoms. The van der Waals surface area contributed by atoms with Crippen LogP contribution in [0.2, 0.25) is 5.15 Å².